The van der Waals surface area contributed by atoms with Gasteiger partial charge in [0.05, 0.1) is 40.3 Å². The molecule has 3 aliphatic heterocycles. The van der Waals surface area contributed by atoms with Gasteiger partial charge in [-0.25, -0.2) is 8.42 Å². The molecule has 2 aromatic rings. The summed E-state index contributed by atoms with van der Waals surface area (Å²) < 4.78 is 25.0. The number of halogens is 1. The molecule has 32 heavy (non-hydrogen) atoms. The van der Waals surface area contributed by atoms with E-state index in [9.17, 15) is 18.0 Å². The minimum atomic E-state index is -3.18. The van der Waals surface area contributed by atoms with Gasteiger partial charge in [0, 0.05) is 10.0 Å². The number of carbonyl (C=O) groups excluding carboxylic acids is 2. The number of benzene rings is 2. The second-order valence-corrected chi connectivity index (χ2v) is 12.6. The Labute approximate surface area is 203 Å². The molecule has 3 aliphatic rings. The Morgan fingerprint density at radius 2 is 1.84 bits per heavy atom. The van der Waals surface area contributed by atoms with Crippen molar-refractivity contribution in [3.8, 4) is 0 Å². The van der Waals surface area contributed by atoms with Gasteiger partial charge in [-0.2, -0.15) is 0 Å². The topological polar surface area (TPSA) is 74.8 Å². The number of nitrogens with zero attached hydrogens (tertiary/aromatic N) is 2. The van der Waals surface area contributed by atoms with E-state index in [1.54, 1.807) is 4.90 Å². The van der Waals surface area contributed by atoms with Crippen LogP contribution in [0.2, 0.25) is 0 Å². The van der Waals surface area contributed by atoms with Gasteiger partial charge in [-0.1, -0.05) is 70.2 Å². The van der Waals surface area contributed by atoms with Crippen molar-refractivity contribution < 1.29 is 18.0 Å². The Kier molecular flexibility index (Phi) is 5.51. The Hall–Kier alpha value is -2.01. The van der Waals surface area contributed by atoms with Crippen LogP contribution in [0.3, 0.4) is 0 Å². The molecule has 6 nitrogen and oxygen atoms in total. The summed E-state index contributed by atoms with van der Waals surface area (Å²) in [4.78, 5) is 30.3. The average Bonchev–Trinajstić information content (AvgIpc) is 3.33. The lowest BCUT2D eigenvalue weighted by molar-refractivity contribution is -0.123. The van der Waals surface area contributed by atoms with Crippen LogP contribution in [0.4, 0.5) is 5.69 Å². The van der Waals surface area contributed by atoms with Gasteiger partial charge in [0.15, 0.2) is 9.84 Å². The van der Waals surface area contributed by atoms with E-state index in [4.69, 9.17) is 12.2 Å². The van der Waals surface area contributed by atoms with Gasteiger partial charge in [-0.15, -0.1) is 0 Å². The standard InChI is InChI=1S/C22H17BrN2O4S3/c23-14-6-7-17-16(10-14)18(20(26)24(17)11-13-4-2-1-3-5-13)19-21(27)25(22(30)31-19)15-8-9-32(28,29)12-15/h1-7,10,15H,8-9,11-12H2/b19-18+/t15-/m0/s1. The van der Waals surface area contributed by atoms with Crippen LogP contribution in [0.15, 0.2) is 57.9 Å². The molecule has 1 atom stereocenters. The van der Waals surface area contributed by atoms with Crippen LogP contribution in [0.1, 0.15) is 17.5 Å². The van der Waals surface area contributed by atoms with E-state index >= 15 is 0 Å². The number of rotatable bonds is 3. The Morgan fingerprint density at radius 3 is 2.53 bits per heavy atom. The van der Waals surface area contributed by atoms with Gasteiger partial charge in [0.2, 0.25) is 0 Å². The minimum absolute atomic E-state index is 0.0419. The molecule has 10 heteroatoms. The number of amides is 2. The SMILES string of the molecule is O=C1/C(=C2/SC(=S)N([C@H]3CCS(=O)(=O)C3)C2=O)c2cc(Br)ccc2N1Cc1ccccc1. The fourth-order valence-corrected chi connectivity index (χ4v) is 7.80. The molecule has 0 unspecified atom stereocenters. The molecule has 164 valence electrons. The molecule has 0 saturated carbocycles. The van der Waals surface area contributed by atoms with Crippen LogP contribution < -0.4 is 4.90 Å². The number of fused-ring (bicyclic) bond motifs is 1. The smallest absolute Gasteiger partial charge is 0.267 e. The van der Waals surface area contributed by atoms with Gasteiger partial charge in [0.1, 0.15) is 4.32 Å². The zero-order valence-corrected chi connectivity index (χ0v) is 20.7. The Morgan fingerprint density at radius 1 is 1.09 bits per heavy atom. The largest absolute Gasteiger partial charge is 0.303 e. The van der Waals surface area contributed by atoms with Crippen molar-refractivity contribution in [2.24, 2.45) is 0 Å². The maximum Gasteiger partial charge on any atom is 0.267 e. The van der Waals surface area contributed by atoms with Gasteiger partial charge in [-0.3, -0.25) is 14.5 Å². The molecule has 2 aromatic carbocycles. The summed E-state index contributed by atoms with van der Waals surface area (Å²) in [5, 5.41) is 0. The van der Waals surface area contributed by atoms with Crippen molar-refractivity contribution >= 4 is 77.1 Å². The highest BCUT2D eigenvalue weighted by atomic mass is 79.9. The number of thioether (sulfide) groups is 1. The number of hydrogen-bond donors (Lipinski definition) is 0. The van der Waals surface area contributed by atoms with Crippen molar-refractivity contribution in [3.05, 3.63) is 69.0 Å². The van der Waals surface area contributed by atoms with E-state index < -0.39 is 21.8 Å². The molecular formula is C22H17BrN2O4S3. The summed E-state index contributed by atoms with van der Waals surface area (Å²) in [7, 11) is -3.18. The van der Waals surface area contributed by atoms with E-state index in [0.717, 1.165) is 27.5 Å². The number of carbonyl (C=O) groups is 2. The van der Waals surface area contributed by atoms with Gasteiger partial charge in [-0.05, 0) is 30.2 Å². The van der Waals surface area contributed by atoms with Gasteiger partial charge in [0.25, 0.3) is 11.8 Å². The molecule has 0 N–H and O–H groups in total. The third-order valence-electron chi connectivity index (χ3n) is 5.76. The van der Waals surface area contributed by atoms with Crippen molar-refractivity contribution in [1.29, 1.82) is 0 Å². The van der Waals surface area contributed by atoms with E-state index in [0.29, 0.717) is 28.4 Å². The molecular weight excluding hydrogens is 532 g/mol. The van der Waals surface area contributed by atoms with Crippen molar-refractivity contribution in [2.75, 3.05) is 16.4 Å². The van der Waals surface area contributed by atoms with Crippen molar-refractivity contribution in [1.82, 2.24) is 4.90 Å². The van der Waals surface area contributed by atoms with Gasteiger partial charge < -0.3 is 4.90 Å². The summed E-state index contributed by atoms with van der Waals surface area (Å²) >= 11 is 9.99. The van der Waals surface area contributed by atoms with Gasteiger partial charge >= 0.3 is 0 Å². The fraction of sp³-hybridized carbons (Fsp3) is 0.227. The molecule has 0 aromatic heterocycles. The van der Waals surface area contributed by atoms with Crippen LogP contribution in [0.25, 0.3) is 5.57 Å². The lowest BCUT2D eigenvalue weighted by Crippen LogP contribution is -2.39. The molecule has 0 bridgehead atoms. The second kappa shape index (κ2) is 8.09. The molecule has 0 aliphatic carbocycles. The average molecular weight is 549 g/mol. The number of sulfone groups is 1. The summed E-state index contributed by atoms with van der Waals surface area (Å²) in [5.74, 6) is -0.710. The first-order valence-corrected chi connectivity index (χ1v) is 13.7. The first-order valence-electron chi connectivity index (χ1n) is 9.91. The maximum absolute atomic E-state index is 13.6. The Bertz CT molecular complexity index is 1310. The molecule has 5 rings (SSSR count). The lowest BCUT2D eigenvalue weighted by atomic mass is 10.1. The first-order chi connectivity index (χ1) is 15.2. The van der Waals surface area contributed by atoms with E-state index in [1.165, 1.54) is 4.90 Å². The highest BCUT2D eigenvalue weighted by Gasteiger charge is 2.46. The predicted octanol–water partition coefficient (Wildman–Crippen LogP) is 3.75. The Balaban J connectivity index is 1.57. The van der Waals surface area contributed by atoms with Crippen LogP contribution in [0, 0.1) is 0 Å². The van der Waals surface area contributed by atoms with Crippen LogP contribution in [0.5, 0.6) is 0 Å². The van der Waals surface area contributed by atoms with E-state index in [2.05, 4.69) is 15.9 Å². The predicted molar refractivity (Wildman–Crippen MR) is 133 cm³/mol. The zero-order valence-electron chi connectivity index (χ0n) is 16.7. The highest BCUT2D eigenvalue weighted by molar-refractivity contribution is 9.10. The van der Waals surface area contributed by atoms with Crippen molar-refractivity contribution in [3.63, 3.8) is 0 Å². The number of anilines is 1. The quantitative estimate of drug-likeness (QED) is 0.429. The highest BCUT2D eigenvalue weighted by Crippen LogP contribution is 2.46. The maximum atomic E-state index is 13.6. The van der Waals surface area contributed by atoms with Crippen LogP contribution in [-0.2, 0) is 26.0 Å². The minimum Gasteiger partial charge on any atom is -0.303 e. The number of hydrogen-bond acceptors (Lipinski definition) is 6. The monoisotopic (exact) mass is 548 g/mol. The summed E-state index contributed by atoms with van der Waals surface area (Å²) in [6.07, 6.45) is 0.355. The third kappa shape index (κ3) is 3.72. The third-order valence-corrected chi connectivity index (χ3v) is 9.41. The molecule has 2 saturated heterocycles. The summed E-state index contributed by atoms with van der Waals surface area (Å²) in [5.41, 5.74) is 2.68. The molecule has 0 spiro atoms. The summed E-state index contributed by atoms with van der Waals surface area (Å²) in [6, 6.07) is 14.7. The van der Waals surface area contributed by atoms with Crippen LogP contribution in [-0.4, -0.2) is 47.0 Å². The first kappa shape index (κ1) is 21.8. The second-order valence-electron chi connectivity index (χ2n) is 7.84. The van der Waals surface area contributed by atoms with Crippen LogP contribution >= 0.6 is 39.9 Å². The van der Waals surface area contributed by atoms with E-state index in [1.807, 2.05) is 48.5 Å². The van der Waals surface area contributed by atoms with Crippen molar-refractivity contribution in [2.45, 2.75) is 19.0 Å². The molecule has 3 heterocycles. The normalized spacial score (nSPS) is 24.5. The summed E-state index contributed by atoms with van der Waals surface area (Å²) in [6.45, 7) is 0.374. The molecule has 0 radical (unpaired) electrons. The molecule has 2 fully saturated rings. The zero-order chi connectivity index (χ0) is 22.6. The van der Waals surface area contributed by atoms with E-state index in [-0.39, 0.29) is 22.3 Å². The fourth-order valence-electron chi connectivity index (χ4n) is 4.27. The lowest BCUT2D eigenvalue weighted by Gasteiger charge is -2.21. The number of thiocarbonyl (C=S) groups is 1. The molecule has 2 amide bonds.